The van der Waals surface area contributed by atoms with Crippen LogP contribution in [0.5, 0.6) is 11.6 Å². The van der Waals surface area contributed by atoms with Crippen molar-refractivity contribution in [1.82, 2.24) is 9.97 Å². The number of esters is 1. The van der Waals surface area contributed by atoms with E-state index < -0.39 is 0 Å². The molecule has 0 amide bonds. The van der Waals surface area contributed by atoms with E-state index in [-0.39, 0.29) is 12.4 Å². The third-order valence-electron chi connectivity index (χ3n) is 3.83. The molecule has 0 bridgehead atoms. The van der Waals surface area contributed by atoms with Gasteiger partial charge in [0.2, 0.25) is 5.88 Å². The van der Waals surface area contributed by atoms with E-state index in [0.717, 1.165) is 11.1 Å². The number of hydrogen-bond donors (Lipinski definition) is 0. The molecule has 5 nitrogen and oxygen atoms in total. The molecule has 0 aliphatic rings. The van der Waals surface area contributed by atoms with Crippen molar-refractivity contribution < 1.29 is 14.3 Å². The minimum Gasteiger partial charge on any atom is -0.469 e. The Morgan fingerprint density at radius 3 is 2.52 bits per heavy atom. The monoisotopic (exact) mass is 334 g/mol. The molecule has 0 aliphatic heterocycles. The molecular weight excluding hydrogens is 316 g/mol. The van der Waals surface area contributed by atoms with Crippen molar-refractivity contribution in [1.29, 1.82) is 0 Å². The Balaban J connectivity index is 1.91. The Labute approximate surface area is 146 Å². The van der Waals surface area contributed by atoms with Crippen molar-refractivity contribution in [2.24, 2.45) is 0 Å². The summed E-state index contributed by atoms with van der Waals surface area (Å²) < 4.78 is 10.7. The van der Waals surface area contributed by atoms with E-state index >= 15 is 0 Å². The second kappa shape index (κ2) is 7.57. The maximum absolute atomic E-state index is 11.6. The zero-order valence-corrected chi connectivity index (χ0v) is 14.1. The molecule has 126 valence electrons. The van der Waals surface area contributed by atoms with Gasteiger partial charge in [-0.25, -0.2) is 9.97 Å². The zero-order chi connectivity index (χ0) is 17.6. The minimum absolute atomic E-state index is 0.0664. The number of aromatic nitrogens is 2. The molecule has 3 rings (SSSR count). The third kappa shape index (κ3) is 4.01. The number of benzene rings is 2. The Bertz CT molecular complexity index is 879. The molecule has 3 aromatic rings. The highest BCUT2D eigenvalue weighted by Crippen LogP contribution is 2.28. The largest absolute Gasteiger partial charge is 0.469 e. The zero-order valence-electron chi connectivity index (χ0n) is 14.1. The number of rotatable bonds is 5. The van der Waals surface area contributed by atoms with E-state index in [1.807, 2.05) is 61.5 Å². The predicted molar refractivity (Wildman–Crippen MR) is 94.4 cm³/mol. The third-order valence-corrected chi connectivity index (χ3v) is 3.83. The molecule has 0 unspecified atom stereocenters. The fraction of sp³-hybridized carbons (Fsp3) is 0.150. The molecular formula is C20H18N2O3. The smallest absolute Gasteiger partial charge is 0.310 e. The second-order valence-corrected chi connectivity index (χ2v) is 5.49. The van der Waals surface area contributed by atoms with E-state index in [1.165, 1.54) is 13.4 Å². The summed E-state index contributed by atoms with van der Waals surface area (Å²) in [5.74, 6) is 0.648. The molecule has 0 atom stereocenters. The molecule has 0 saturated carbocycles. The molecule has 0 N–H and O–H groups in total. The summed E-state index contributed by atoms with van der Waals surface area (Å²) in [6, 6.07) is 17.8. The molecule has 0 radical (unpaired) electrons. The van der Waals surface area contributed by atoms with Crippen molar-refractivity contribution in [3.05, 3.63) is 72.2 Å². The number of methoxy groups -OCH3 is 1. The Morgan fingerprint density at radius 2 is 1.76 bits per heavy atom. The quantitative estimate of drug-likeness (QED) is 0.661. The maximum Gasteiger partial charge on any atom is 0.310 e. The number of aryl methyl sites for hydroxylation is 1. The standard InChI is InChI=1S/C20H18N2O3/c1-14-18(12-19(23)24-2)20(22-13-21-14)25-17-10-6-9-16(11-17)15-7-4-3-5-8-15/h3-11,13H,12H2,1-2H3. The molecule has 1 heterocycles. The van der Waals surface area contributed by atoms with Gasteiger partial charge in [-0.15, -0.1) is 0 Å². The van der Waals surface area contributed by atoms with Crippen molar-refractivity contribution in [3.8, 4) is 22.8 Å². The number of carbonyl (C=O) groups is 1. The van der Waals surface area contributed by atoms with Gasteiger partial charge in [0.25, 0.3) is 0 Å². The SMILES string of the molecule is COC(=O)Cc1c(C)ncnc1Oc1cccc(-c2ccccc2)c1. The summed E-state index contributed by atoms with van der Waals surface area (Å²) in [6.07, 6.45) is 1.49. The van der Waals surface area contributed by atoms with E-state index in [0.29, 0.717) is 22.9 Å². The van der Waals surface area contributed by atoms with Crippen LogP contribution in [0, 0.1) is 6.92 Å². The van der Waals surface area contributed by atoms with Crippen LogP contribution in [0.15, 0.2) is 60.9 Å². The fourth-order valence-electron chi connectivity index (χ4n) is 2.47. The maximum atomic E-state index is 11.6. The van der Waals surface area contributed by atoms with Crippen LogP contribution in [0.3, 0.4) is 0 Å². The molecule has 2 aromatic carbocycles. The number of carbonyl (C=O) groups excluding carboxylic acids is 1. The second-order valence-electron chi connectivity index (χ2n) is 5.49. The van der Waals surface area contributed by atoms with Crippen LogP contribution in [0.1, 0.15) is 11.3 Å². The van der Waals surface area contributed by atoms with Crippen molar-refractivity contribution in [3.63, 3.8) is 0 Å². The van der Waals surface area contributed by atoms with Crippen molar-refractivity contribution in [2.75, 3.05) is 7.11 Å². The molecule has 0 aliphatic carbocycles. The summed E-state index contributed by atoms with van der Waals surface area (Å²) in [6.45, 7) is 1.81. The van der Waals surface area contributed by atoms with Crippen molar-refractivity contribution >= 4 is 5.97 Å². The van der Waals surface area contributed by atoms with E-state index in [1.54, 1.807) is 0 Å². The molecule has 25 heavy (non-hydrogen) atoms. The first kappa shape index (κ1) is 16.6. The first-order valence-electron chi connectivity index (χ1n) is 7.88. The summed E-state index contributed by atoms with van der Waals surface area (Å²) >= 11 is 0. The van der Waals surface area contributed by atoms with Gasteiger partial charge in [0, 0.05) is 11.3 Å². The van der Waals surface area contributed by atoms with Gasteiger partial charge < -0.3 is 9.47 Å². The topological polar surface area (TPSA) is 61.3 Å². The summed E-state index contributed by atoms with van der Waals surface area (Å²) in [5.41, 5.74) is 3.45. The van der Waals surface area contributed by atoms with Gasteiger partial charge in [0.05, 0.1) is 13.5 Å². The van der Waals surface area contributed by atoms with Crippen molar-refractivity contribution in [2.45, 2.75) is 13.3 Å². The highest BCUT2D eigenvalue weighted by molar-refractivity contribution is 5.73. The minimum atomic E-state index is -0.360. The first-order valence-corrected chi connectivity index (χ1v) is 7.88. The highest BCUT2D eigenvalue weighted by atomic mass is 16.5. The molecule has 0 saturated heterocycles. The van der Waals surface area contributed by atoms with Crippen LogP contribution in [0.4, 0.5) is 0 Å². The lowest BCUT2D eigenvalue weighted by atomic mass is 10.1. The van der Waals surface area contributed by atoms with Gasteiger partial charge in [-0.3, -0.25) is 4.79 Å². The fourth-order valence-corrected chi connectivity index (χ4v) is 2.47. The van der Waals surface area contributed by atoms with Gasteiger partial charge in [0.1, 0.15) is 12.1 Å². The molecule has 0 fully saturated rings. The Morgan fingerprint density at radius 1 is 1.00 bits per heavy atom. The summed E-state index contributed by atoms with van der Waals surface area (Å²) in [5, 5.41) is 0. The van der Waals surface area contributed by atoms with Crippen LogP contribution in [0.2, 0.25) is 0 Å². The van der Waals surface area contributed by atoms with Crippen LogP contribution in [0.25, 0.3) is 11.1 Å². The van der Waals surface area contributed by atoms with Gasteiger partial charge >= 0.3 is 5.97 Å². The number of ether oxygens (including phenoxy) is 2. The molecule has 0 spiro atoms. The average Bonchev–Trinajstić information content (AvgIpc) is 2.65. The lowest BCUT2D eigenvalue weighted by molar-refractivity contribution is -0.139. The normalized spacial score (nSPS) is 10.3. The highest BCUT2D eigenvalue weighted by Gasteiger charge is 2.15. The Kier molecular flexibility index (Phi) is 5.04. The van der Waals surface area contributed by atoms with Crippen LogP contribution < -0.4 is 4.74 Å². The van der Waals surface area contributed by atoms with Crippen LogP contribution in [-0.2, 0) is 16.0 Å². The van der Waals surface area contributed by atoms with Gasteiger partial charge in [0.15, 0.2) is 0 Å². The lowest BCUT2D eigenvalue weighted by Gasteiger charge is -2.12. The van der Waals surface area contributed by atoms with E-state index in [4.69, 9.17) is 9.47 Å². The number of nitrogens with zero attached hydrogens (tertiary/aromatic N) is 2. The lowest BCUT2D eigenvalue weighted by Crippen LogP contribution is -2.09. The van der Waals surface area contributed by atoms with Crippen LogP contribution >= 0.6 is 0 Å². The van der Waals surface area contributed by atoms with Crippen LogP contribution in [-0.4, -0.2) is 23.0 Å². The predicted octanol–water partition coefficient (Wildman–Crippen LogP) is 3.96. The summed E-state index contributed by atoms with van der Waals surface area (Å²) in [4.78, 5) is 20.0. The molecule has 5 heteroatoms. The number of hydrogen-bond acceptors (Lipinski definition) is 5. The van der Waals surface area contributed by atoms with Gasteiger partial charge in [-0.05, 0) is 30.2 Å². The van der Waals surface area contributed by atoms with E-state index in [2.05, 4.69) is 9.97 Å². The molecule has 1 aromatic heterocycles. The average molecular weight is 334 g/mol. The van der Waals surface area contributed by atoms with E-state index in [9.17, 15) is 4.79 Å². The first-order chi connectivity index (χ1) is 12.2. The Hall–Kier alpha value is -3.21. The summed E-state index contributed by atoms with van der Waals surface area (Å²) in [7, 11) is 1.35. The van der Waals surface area contributed by atoms with Gasteiger partial charge in [-0.1, -0.05) is 42.5 Å². The van der Waals surface area contributed by atoms with Gasteiger partial charge in [-0.2, -0.15) is 0 Å².